The summed E-state index contributed by atoms with van der Waals surface area (Å²) in [5, 5.41) is 0. The number of hydrogen-bond acceptors (Lipinski definition) is 4. The fourth-order valence-corrected chi connectivity index (χ4v) is 3.60. The molecule has 1 saturated heterocycles. The van der Waals surface area contributed by atoms with Crippen molar-refractivity contribution in [3.63, 3.8) is 0 Å². The Labute approximate surface area is 175 Å². The number of nitrogens with zero attached hydrogens (tertiary/aromatic N) is 3. The molecule has 4 rings (SSSR count). The lowest BCUT2D eigenvalue weighted by molar-refractivity contribution is -0.0125. The molecule has 1 aromatic carbocycles. The lowest BCUT2D eigenvalue weighted by Gasteiger charge is -2.31. The van der Waals surface area contributed by atoms with Crippen molar-refractivity contribution in [3.05, 3.63) is 70.0 Å². The van der Waals surface area contributed by atoms with E-state index in [0.29, 0.717) is 37.7 Å². The fraction of sp³-hybridized carbons (Fsp3) is 0.318. The van der Waals surface area contributed by atoms with E-state index in [4.69, 9.17) is 4.74 Å². The van der Waals surface area contributed by atoms with Gasteiger partial charge in [-0.05, 0) is 36.8 Å². The second-order valence-corrected chi connectivity index (χ2v) is 7.61. The summed E-state index contributed by atoms with van der Waals surface area (Å²) >= 11 is 0. The van der Waals surface area contributed by atoms with Gasteiger partial charge in [-0.3, -0.25) is 14.0 Å². The molecule has 0 bridgehead atoms. The van der Waals surface area contributed by atoms with E-state index in [2.05, 4.69) is 4.98 Å². The Bertz CT molecular complexity index is 1220. The third kappa shape index (κ3) is 4.05. The summed E-state index contributed by atoms with van der Waals surface area (Å²) in [5.41, 5.74) is -0.846. The van der Waals surface area contributed by atoms with Gasteiger partial charge in [-0.25, -0.2) is 9.37 Å². The zero-order chi connectivity index (χ0) is 22.3. The molecule has 3 aromatic rings. The Morgan fingerprint density at radius 1 is 1.26 bits per heavy atom. The minimum Gasteiger partial charge on any atom is -0.375 e. The van der Waals surface area contributed by atoms with Gasteiger partial charge in [0.2, 0.25) is 0 Å². The number of ether oxygens (including phenoxy) is 1. The number of morpholine rings is 1. The van der Waals surface area contributed by atoms with E-state index in [9.17, 15) is 22.8 Å². The van der Waals surface area contributed by atoms with Crippen LogP contribution in [0.4, 0.5) is 13.2 Å². The molecule has 0 radical (unpaired) electrons. The summed E-state index contributed by atoms with van der Waals surface area (Å²) in [7, 11) is 0. The third-order valence-electron chi connectivity index (χ3n) is 5.18. The van der Waals surface area contributed by atoms with Crippen LogP contribution in [0.5, 0.6) is 0 Å². The predicted octanol–water partition coefficient (Wildman–Crippen LogP) is 3.47. The molecule has 0 spiro atoms. The Hall–Kier alpha value is -3.20. The Balaban J connectivity index is 1.77. The molecule has 31 heavy (non-hydrogen) atoms. The van der Waals surface area contributed by atoms with E-state index in [1.54, 1.807) is 12.1 Å². The van der Waals surface area contributed by atoms with Crippen LogP contribution >= 0.6 is 0 Å². The van der Waals surface area contributed by atoms with Crippen LogP contribution in [0.2, 0.25) is 0 Å². The van der Waals surface area contributed by atoms with Gasteiger partial charge >= 0.3 is 0 Å². The van der Waals surface area contributed by atoms with Gasteiger partial charge in [-0.1, -0.05) is 6.07 Å². The number of amides is 1. The predicted molar refractivity (Wildman–Crippen MR) is 108 cm³/mol. The number of hydrogen-bond donors (Lipinski definition) is 0. The Kier molecular flexibility index (Phi) is 5.30. The van der Waals surface area contributed by atoms with Crippen LogP contribution in [0.15, 0.2) is 47.4 Å². The number of aromatic nitrogens is 2. The molecular formula is C22H20F3N3O3. The standard InChI is InChI=1S/C22H20F3N3O3/c1-13-12-27(8-9-31-13)21(30)16-6-5-14(10-17(16)23)15-4-3-7-28-19(29)11-18(22(2,24)25)26-20(15)28/h3-7,10-11,13H,8-9,12H2,1-2H3/t13-/m0/s1. The number of fused-ring (bicyclic) bond motifs is 1. The summed E-state index contributed by atoms with van der Waals surface area (Å²) in [6.07, 6.45) is 1.27. The van der Waals surface area contributed by atoms with Crippen molar-refractivity contribution in [3.8, 4) is 11.1 Å². The molecule has 0 N–H and O–H groups in total. The number of carbonyl (C=O) groups excluding carboxylic acids is 1. The van der Waals surface area contributed by atoms with Crippen molar-refractivity contribution in [1.29, 1.82) is 0 Å². The maximum absolute atomic E-state index is 14.9. The number of rotatable bonds is 3. The Morgan fingerprint density at radius 3 is 2.71 bits per heavy atom. The van der Waals surface area contributed by atoms with Crippen molar-refractivity contribution >= 4 is 11.6 Å². The zero-order valence-electron chi connectivity index (χ0n) is 16.9. The van der Waals surface area contributed by atoms with Gasteiger partial charge in [0.25, 0.3) is 17.4 Å². The van der Waals surface area contributed by atoms with Crippen LogP contribution in [-0.2, 0) is 10.7 Å². The molecule has 162 valence electrons. The number of halogens is 3. The van der Waals surface area contributed by atoms with Crippen LogP contribution in [0.3, 0.4) is 0 Å². The zero-order valence-corrected chi connectivity index (χ0v) is 16.9. The summed E-state index contributed by atoms with van der Waals surface area (Å²) < 4.78 is 49.0. The minimum atomic E-state index is -3.31. The molecule has 0 aliphatic carbocycles. The van der Waals surface area contributed by atoms with Crippen LogP contribution in [-0.4, -0.2) is 46.0 Å². The van der Waals surface area contributed by atoms with E-state index in [1.807, 2.05) is 6.92 Å². The summed E-state index contributed by atoms with van der Waals surface area (Å²) in [4.78, 5) is 30.5. The first kappa shape index (κ1) is 21.0. The summed E-state index contributed by atoms with van der Waals surface area (Å²) in [5.74, 6) is -4.50. The van der Waals surface area contributed by atoms with Gasteiger partial charge in [0, 0.05) is 37.8 Å². The number of alkyl halides is 2. The van der Waals surface area contributed by atoms with E-state index in [-0.39, 0.29) is 17.3 Å². The maximum Gasteiger partial charge on any atom is 0.287 e. The molecule has 1 aliphatic rings. The van der Waals surface area contributed by atoms with E-state index in [1.165, 1.54) is 23.2 Å². The molecule has 0 unspecified atom stereocenters. The number of carbonyl (C=O) groups is 1. The maximum atomic E-state index is 14.9. The molecule has 0 saturated carbocycles. The first-order valence-electron chi connectivity index (χ1n) is 9.76. The van der Waals surface area contributed by atoms with E-state index in [0.717, 1.165) is 16.5 Å². The van der Waals surface area contributed by atoms with Gasteiger partial charge < -0.3 is 9.64 Å². The third-order valence-corrected chi connectivity index (χ3v) is 5.18. The minimum absolute atomic E-state index is 0.0213. The van der Waals surface area contributed by atoms with Crippen molar-refractivity contribution in [1.82, 2.24) is 14.3 Å². The monoisotopic (exact) mass is 431 g/mol. The van der Waals surface area contributed by atoms with Gasteiger partial charge in [0.15, 0.2) is 0 Å². The Morgan fingerprint density at radius 2 is 2.03 bits per heavy atom. The van der Waals surface area contributed by atoms with Crippen LogP contribution in [0.25, 0.3) is 16.8 Å². The number of benzene rings is 1. The smallest absolute Gasteiger partial charge is 0.287 e. The second-order valence-electron chi connectivity index (χ2n) is 7.61. The lowest BCUT2D eigenvalue weighted by atomic mass is 10.0. The van der Waals surface area contributed by atoms with Crippen LogP contribution < -0.4 is 5.56 Å². The van der Waals surface area contributed by atoms with Crippen LogP contribution in [0.1, 0.15) is 29.9 Å². The van der Waals surface area contributed by atoms with E-state index < -0.39 is 28.9 Å². The topological polar surface area (TPSA) is 63.9 Å². The molecule has 6 nitrogen and oxygen atoms in total. The first-order valence-corrected chi connectivity index (χ1v) is 9.76. The average molecular weight is 431 g/mol. The quantitative estimate of drug-likeness (QED) is 0.637. The molecule has 2 aromatic heterocycles. The number of pyridine rings is 1. The molecular weight excluding hydrogens is 411 g/mol. The highest BCUT2D eigenvalue weighted by Crippen LogP contribution is 2.29. The summed E-state index contributed by atoms with van der Waals surface area (Å²) in [6.45, 7) is 3.61. The summed E-state index contributed by atoms with van der Waals surface area (Å²) in [6, 6.07) is 7.89. The molecule has 3 heterocycles. The highest BCUT2D eigenvalue weighted by Gasteiger charge is 2.28. The molecule has 1 fully saturated rings. The van der Waals surface area contributed by atoms with Crippen molar-refractivity contribution in [2.75, 3.05) is 19.7 Å². The SMILES string of the molecule is C[C@H]1CN(C(=O)c2ccc(-c3cccn4c(=O)cc(C(C)(F)F)nc34)cc2F)CCO1. The first-order chi connectivity index (χ1) is 14.6. The fourth-order valence-electron chi connectivity index (χ4n) is 3.60. The molecule has 1 amide bonds. The normalized spacial score (nSPS) is 17.2. The largest absolute Gasteiger partial charge is 0.375 e. The van der Waals surface area contributed by atoms with Crippen molar-refractivity contribution in [2.45, 2.75) is 25.9 Å². The highest BCUT2D eigenvalue weighted by molar-refractivity contribution is 5.95. The van der Waals surface area contributed by atoms with Gasteiger partial charge in [0.05, 0.1) is 18.3 Å². The van der Waals surface area contributed by atoms with Crippen molar-refractivity contribution in [2.24, 2.45) is 0 Å². The second kappa shape index (κ2) is 7.81. The van der Waals surface area contributed by atoms with Gasteiger partial charge in [-0.15, -0.1) is 0 Å². The van der Waals surface area contributed by atoms with E-state index >= 15 is 0 Å². The highest BCUT2D eigenvalue weighted by atomic mass is 19.3. The van der Waals surface area contributed by atoms with Crippen molar-refractivity contribution < 1.29 is 22.7 Å². The average Bonchev–Trinajstić information content (AvgIpc) is 2.72. The molecule has 9 heteroatoms. The lowest BCUT2D eigenvalue weighted by Crippen LogP contribution is -2.44. The van der Waals surface area contributed by atoms with Crippen LogP contribution in [0, 0.1) is 5.82 Å². The molecule has 1 aliphatic heterocycles. The van der Waals surface area contributed by atoms with Gasteiger partial charge in [0.1, 0.15) is 17.2 Å². The van der Waals surface area contributed by atoms with Gasteiger partial charge in [-0.2, -0.15) is 8.78 Å². The molecule has 1 atom stereocenters.